The molecule has 35 heavy (non-hydrogen) atoms. The summed E-state index contributed by atoms with van der Waals surface area (Å²) in [6.45, 7) is 0. The summed E-state index contributed by atoms with van der Waals surface area (Å²) in [5, 5.41) is 15.1. The highest BCUT2D eigenvalue weighted by atomic mass is 35.5. The number of rotatable bonds is 6. The Morgan fingerprint density at radius 1 is 1.11 bits per heavy atom. The molecule has 1 aliphatic rings. The quantitative estimate of drug-likeness (QED) is 0.167. The molecule has 0 saturated carbocycles. The molecule has 9 heteroatoms. The molecular formula is C26H20ClN3O4S. The summed E-state index contributed by atoms with van der Waals surface area (Å²) in [6, 6.07) is 16.9. The van der Waals surface area contributed by atoms with E-state index in [0.717, 1.165) is 36.9 Å². The minimum atomic E-state index is -0.480. The van der Waals surface area contributed by atoms with E-state index in [0.29, 0.717) is 32.7 Å². The normalized spacial score (nSPS) is 13.1. The van der Waals surface area contributed by atoms with Crippen LogP contribution in [0.3, 0.4) is 0 Å². The monoisotopic (exact) mass is 505 g/mol. The average molecular weight is 506 g/mol. The molecule has 0 unspecified atom stereocenters. The van der Waals surface area contributed by atoms with Crippen LogP contribution in [0.4, 0.5) is 16.4 Å². The number of benzene rings is 2. The van der Waals surface area contributed by atoms with Crippen molar-refractivity contribution in [3.63, 3.8) is 0 Å². The number of aryl methyl sites for hydroxylation is 1. The number of nitrogens with zero attached hydrogens (tertiary/aromatic N) is 2. The van der Waals surface area contributed by atoms with Crippen molar-refractivity contribution in [3.8, 4) is 11.3 Å². The number of nitro groups is 1. The lowest BCUT2D eigenvalue weighted by atomic mass is 9.95. The predicted molar refractivity (Wildman–Crippen MR) is 138 cm³/mol. The van der Waals surface area contributed by atoms with Gasteiger partial charge in [0, 0.05) is 28.3 Å². The first-order valence-corrected chi connectivity index (χ1v) is 12.3. The zero-order chi connectivity index (χ0) is 24.4. The lowest BCUT2D eigenvalue weighted by Gasteiger charge is -2.12. The lowest BCUT2D eigenvalue weighted by Crippen LogP contribution is -2.14. The number of thiophene rings is 1. The number of carbonyl (C=O) groups excluding carboxylic acids is 1. The molecular weight excluding hydrogens is 486 g/mol. The van der Waals surface area contributed by atoms with Crippen molar-refractivity contribution in [2.75, 3.05) is 5.32 Å². The van der Waals surface area contributed by atoms with E-state index >= 15 is 0 Å². The summed E-state index contributed by atoms with van der Waals surface area (Å²) in [5.74, 6) is 0.669. The van der Waals surface area contributed by atoms with E-state index in [2.05, 4.69) is 10.3 Å². The van der Waals surface area contributed by atoms with Gasteiger partial charge in [0.2, 0.25) is 0 Å². The number of fused-ring (bicyclic) bond motifs is 1. The van der Waals surface area contributed by atoms with E-state index in [1.165, 1.54) is 34.4 Å². The Hall–Kier alpha value is -3.75. The standard InChI is InChI=1S/C26H20ClN3O4S/c27-21-12-10-17(30(32)33)14-20(21)22-13-11-18(34-22)15-28-26-24(19-8-4-5-9-23(19)35-26)25(31)29-16-6-2-1-3-7-16/h1-3,6-7,10-15H,4-5,8-9H2,(H,29,31). The largest absolute Gasteiger partial charge is 0.455 e. The maximum Gasteiger partial charge on any atom is 0.270 e. The van der Waals surface area contributed by atoms with Crippen LogP contribution in [0.15, 0.2) is 70.1 Å². The third-order valence-corrected chi connectivity index (χ3v) is 7.30. The van der Waals surface area contributed by atoms with Crippen LogP contribution in [0.1, 0.15) is 39.4 Å². The minimum absolute atomic E-state index is 0.0748. The molecule has 0 aliphatic heterocycles. The lowest BCUT2D eigenvalue weighted by molar-refractivity contribution is -0.384. The molecule has 0 spiro atoms. The van der Waals surface area contributed by atoms with E-state index < -0.39 is 4.92 Å². The Bertz CT molecular complexity index is 1440. The van der Waals surface area contributed by atoms with E-state index in [1.54, 1.807) is 18.3 Å². The van der Waals surface area contributed by atoms with Gasteiger partial charge in [0.15, 0.2) is 0 Å². The van der Waals surface area contributed by atoms with Gasteiger partial charge >= 0.3 is 0 Å². The highest BCUT2D eigenvalue weighted by Crippen LogP contribution is 2.40. The molecule has 2 aromatic heterocycles. The second-order valence-electron chi connectivity index (χ2n) is 8.09. The third-order valence-electron chi connectivity index (χ3n) is 5.77. The van der Waals surface area contributed by atoms with E-state index in [1.807, 2.05) is 30.3 Å². The van der Waals surface area contributed by atoms with Gasteiger partial charge in [-0.1, -0.05) is 29.8 Å². The summed E-state index contributed by atoms with van der Waals surface area (Å²) >= 11 is 7.77. The van der Waals surface area contributed by atoms with Crippen molar-refractivity contribution in [1.82, 2.24) is 0 Å². The molecule has 0 bridgehead atoms. The van der Waals surface area contributed by atoms with Gasteiger partial charge in [0.05, 0.1) is 21.7 Å². The average Bonchev–Trinajstić information content (AvgIpc) is 3.48. The number of para-hydroxylation sites is 1. The van der Waals surface area contributed by atoms with Crippen molar-refractivity contribution in [3.05, 3.63) is 97.6 Å². The van der Waals surface area contributed by atoms with E-state index in [-0.39, 0.29) is 11.6 Å². The number of aliphatic imine (C=N–C) groups is 1. The number of hydrogen-bond donors (Lipinski definition) is 1. The molecule has 4 aromatic rings. The Balaban J connectivity index is 1.45. The van der Waals surface area contributed by atoms with Crippen molar-refractivity contribution in [2.24, 2.45) is 4.99 Å². The number of anilines is 1. The summed E-state index contributed by atoms with van der Waals surface area (Å²) in [6.07, 6.45) is 5.50. The summed E-state index contributed by atoms with van der Waals surface area (Å²) in [7, 11) is 0. The molecule has 176 valence electrons. The van der Waals surface area contributed by atoms with Crippen molar-refractivity contribution >= 4 is 51.4 Å². The molecule has 0 saturated heterocycles. The minimum Gasteiger partial charge on any atom is -0.455 e. The number of non-ortho nitro benzene ring substituents is 1. The van der Waals surface area contributed by atoms with E-state index in [4.69, 9.17) is 16.0 Å². The maximum absolute atomic E-state index is 13.2. The van der Waals surface area contributed by atoms with Gasteiger partial charge in [-0.2, -0.15) is 0 Å². The van der Waals surface area contributed by atoms with Crippen LogP contribution >= 0.6 is 22.9 Å². The number of furan rings is 1. The fourth-order valence-corrected chi connectivity index (χ4v) is 5.54. The molecule has 7 nitrogen and oxygen atoms in total. The zero-order valence-electron chi connectivity index (χ0n) is 18.5. The van der Waals surface area contributed by atoms with Crippen LogP contribution in [-0.4, -0.2) is 17.0 Å². The van der Waals surface area contributed by atoms with Gasteiger partial charge in [-0.05, 0) is 61.6 Å². The smallest absolute Gasteiger partial charge is 0.270 e. The van der Waals surface area contributed by atoms with Gasteiger partial charge < -0.3 is 9.73 Å². The van der Waals surface area contributed by atoms with Gasteiger partial charge in [0.1, 0.15) is 16.5 Å². The Labute approximate surface area is 210 Å². The first-order chi connectivity index (χ1) is 17.0. The summed E-state index contributed by atoms with van der Waals surface area (Å²) < 4.78 is 5.85. The first-order valence-electron chi connectivity index (χ1n) is 11.1. The van der Waals surface area contributed by atoms with Crippen LogP contribution in [0.25, 0.3) is 11.3 Å². The number of halogens is 1. The first kappa shape index (κ1) is 23.0. The molecule has 2 heterocycles. The predicted octanol–water partition coefficient (Wildman–Crippen LogP) is 7.45. The molecule has 1 amide bonds. The molecule has 0 atom stereocenters. The van der Waals surface area contributed by atoms with Crippen LogP contribution in [0.2, 0.25) is 5.02 Å². The van der Waals surface area contributed by atoms with Gasteiger partial charge in [-0.3, -0.25) is 14.9 Å². The van der Waals surface area contributed by atoms with Crippen molar-refractivity contribution in [2.45, 2.75) is 25.7 Å². The fraction of sp³-hybridized carbons (Fsp3) is 0.154. The summed E-state index contributed by atoms with van der Waals surface area (Å²) in [5.41, 5.74) is 2.76. The number of nitrogens with one attached hydrogen (secondary N) is 1. The topological polar surface area (TPSA) is 97.7 Å². The van der Waals surface area contributed by atoms with Gasteiger partial charge in [-0.25, -0.2) is 4.99 Å². The van der Waals surface area contributed by atoms with E-state index in [9.17, 15) is 14.9 Å². The highest BCUT2D eigenvalue weighted by molar-refractivity contribution is 7.16. The SMILES string of the molecule is O=C(Nc1ccccc1)c1c(N=Cc2ccc(-c3cc([N+](=O)[O-])ccc3Cl)o2)sc2c1CCCC2. The van der Waals surface area contributed by atoms with Crippen LogP contribution in [-0.2, 0) is 12.8 Å². The van der Waals surface area contributed by atoms with Crippen LogP contribution in [0, 0.1) is 10.1 Å². The van der Waals surface area contributed by atoms with Gasteiger partial charge in [0.25, 0.3) is 11.6 Å². The number of amides is 1. The molecule has 0 radical (unpaired) electrons. The molecule has 2 aromatic carbocycles. The number of hydrogen-bond acceptors (Lipinski definition) is 6. The molecule has 5 rings (SSSR count). The second-order valence-corrected chi connectivity index (χ2v) is 9.58. The van der Waals surface area contributed by atoms with Gasteiger partial charge in [-0.15, -0.1) is 11.3 Å². The second kappa shape index (κ2) is 9.85. The maximum atomic E-state index is 13.2. The van der Waals surface area contributed by atoms with Crippen molar-refractivity contribution in [1.29, 1.82) is 0 Å². The Kier molecular flexibility index (Phi) is 6.48. The zero-order valence-corrected chi connectivity index (χ0v) is 20.1. The van der Waals surface area contributed by atoms with Crippen molar-refractivity contribution < 1.29 is 14.1 Å². The molecule has 1 aliphatic carbocycles. The fourth-order valence-electron chi connectivity index (χ4n) is 4.10. The number of carbonyl (C=O) groups is 1. The van der Waals surface area contributed by atoms with Crippen LogP contribution < -0.4 is 5.32 Å². The highest BCUT2D eigenvalue weighted by Gasteiger charge is 2.25. The molecule has 0 fully saturated rings. The number of nitro benzene ring substituents is 1. The van der Waals surface area contributed by atoms with Crippen LogP contribution in [0.5, 0.6) is 0 Å². The molecule has 1 N–H and O–H groups in total. The third kappa shape index (κ3) is 4.89. The Morgan fingerprint density at radius 2 is 1.91 bits per heavy atom. The Morgan fingerprint density at radius 3 is 2.71 bits per heavy atom. The summed E-state index contributed by atoms with van der Waals surface area (Å²) in [4.78, 5) is 29.7.